The molecule has 35 heavy (non-hydrogen) atoms. The van der Waals surface area contributed by atoms with Gasteiger partial charge in [0.15, 0.2) is 17.7 Å². The van der Waals surface area contributed by atoms with Crippen molar-refractivity contribution in [1.29, 1.82) is 0 Å². The van der Waals surface area contributed by atoms with Gasteiger partial charge in [-0.15, -0.1) is 0 Å². The Labute approximate surface area is 198 Å². The van der Waals surface area contributed by atoms with Crippen LogP contribution in [0.15, 0.2) is 55.5 Å². The van der Waals surface area contributed by atoms with Crippen LogP contribution in [0.1, 0.15) is 22.3 Å². The second-order valence-corrected chi connectivity index (χ2v) is 7.93. The summed E-state index contributed by atoms with van der Waals surface area (Å²) in [6.45, 7) is 0.0348. The fourth-order valence-corrected chi connectivity index (χ4v) is 3.81. The molecular weight excluding hydrogens is 458 g/mol. The van der Waals surface area contributed by atoms with Crippen LogP contribution in [0.5, 0.6) is 0 Å². The third kappa shape index (κ3) is 4.62. The zero-order valence-electron chi connectivity index (χ0n) is 18.4. The fraction of sp³-hybridized carbons (Fsp3) is 0.318. The van der Waals surface area contributed by atoms with Crippen LogP contribution < -0.4 is 5.73 Å². The molecule has 4 atom stereocenters. The molecule has 13 heteroatoms. The number of nitrogen functional groups attached to an aromatic ring is 1. The molecule has 0 bridgehead atoms. The van der Waals surface area contributed by atoms with Crippen molar-refractivity contribution in [2.45, 2.75) is 31.0 Å². The van der Waals surface area contributed by atoms with Crippen molar-refractivity contribution < 1.29 is 29.5 Å². The lowest BCUT2D eigenvalue weighted by Crippen LogP contribution is -2.33. The Morgan fingerprint density at radius 2 is 1.89 bits per heavy atom. The Balaban J connectivity index is 1.11. The molecule has 13 nitrogen and oxygen atoms in total. The molecule has 4 heterocycles. The lowest BCUT2D eigenvalue weighted by molar-refractivity contribution is -0.309. The van der Waals surface area contributed by atoms with Crippen molar-refractivity contribution in [2.75, 3.05) is 18.9 Å². The van der Waals surface area contributed by atoms with E-state index in [0.717, 1.165) is 0 Å². The number of hydrogen-bond donors (Lipinski definition) is 3. The van der Waals surface area contributed by atoms with Crippen molar-refractivity contribution in [3.8, 4) is 0 Å². The minimum absolute atomic E-state index is 0.126. The molecule has 1 aliphatic heterocycles. The van der Waals surface area contributed by atoms with Crippen LogP contribution in [0, 0.1) is 0 Å². The molecule has 1 aliphatic rings. The summed E-state index contributed by atoms with van der Waals surface area (Å²) in [6.07, 6.45) is 1.92. The lowest BCUT2D eigenvalue weighted by atomic mass is 10.1. The fourth-order valence-electron chi connectivity index (χ4n) is 3.81. The molecule has 0 spiro atoms. The SMILES string of the molecule is Nc1ncnc2c1ncn2[C@@H]1O[C@H](COOCCc2cn(C(=O)c3ccccc3)cn2)[C@@H](O)[C@H]1O. The van der Waals surface area contributed by atoms with E-state index in [2.05, 4.69) is 19.9 Å². The van der Waals surface area contributed by atoms with Crippen molar-refractivity contribution in [3.63, 3.8) is 0 Å². The van der Waals surface area contributed by atoms with Gasteiger partial charge in [-0.25, -0.2) is 29.7 Å². The summed E-state index contributed by atoms with van der Waals surface area (Å²) in [5, 5.41) is 20.9. The molecule has 3 aromatic heterocycles. The number of carbonyl (C=O) groups excluding carboxylic acids is 1. The zero-order valence-corrected chi connectivity index (χ0v) is 18.4. The molecule has 4 N–H and O–H groups in total. The molecule has 0 radical (unpaired) electrons. The van der Waals surface area contributed by atoms with E-state index in [9.17, 15) is 15.0 Å². The quantitative estimate of drug-likeness (QED) is 0.177. The van der Waals surface area contributed by atoms with E-state index >= 15 is 0 Å². The van der Waals surface area contributed by atoms with Crippen molar-refractivity contribution in [1.82, 2.24) is 29.1 Å². The number of nitrogens with two attached hydrogens (primary N) is 1. The van der Waals surface area contributed by atoms with Crippen LogP contribution >= 0.6 is 0 Å². The Hall–Kier alpha value is -3.75. The summed E-state index contributed by atoms with van der Waals surface area (Å²) >= 11 is 0. The maximum absolute atomic E-state index is 12.4. The molecule has 4 aromatic rings. The van der Waals surface area contributed by atoms with Crippen LogP contribution in [0.25, 0.3) is 11.2 Å². The number of carbonyl (C=O) groups is 1. The van der Waals surface area contributed by atoms with Crippen LogP contribution in [0.4, 0.5) is 5.82 Å². The van der Waals surface area contributed by atoms with E-state index in [4.69, 9.17) is 20.2 Å². The van der Waals surface area contributed by atoms with E-state index in [-0.39, 0.29) is 24.9 Å². The zero-order chi connectivity index (χ0) is 24.4. The maximum Gasteiger partial charge on any atom is 0.263 e. The molecule has 0 aliphatic carbocycles. The first-order chi connectivity index (χ1) is 17.0. The first-order valence-electron chi connectivity index (χ1n) is 10.8. The minimum Gasteiger partial charge on any atom is -0.387 e. The van der Waals surface area contributed by atoms with Crippen LogP contribution in [0.2, 0.25) is 0 Å². The largest absolute Gasteiger partial charge is 0.387 e. The van der Waals surface area contributed by atoms with E-state index in [1.165, 1.54) is 28.1 Å². The van der Waals surface area contributed by atoms with Gasteiger partial charge in [0.05, 0.1) is 18.6 Å². The monoisotopic (exact) mass is 481 g/mol. The Morgan fingerprint density at radius 1 is 1.06 bits per heavy atom. The number of ether oxygens (including phenoxy) is 1. The van der Waals surface area contributed by atoms with E-state index in [1.807, 2.05) is 6.07 Å². The van der Waals surface area contributed by atoms with Gasteiger partial charge in [-0.2, -0.15) is 0 Å². The minimum atomic E-state index is -1.25. The Kier molecular flexibility index (Phi) is 6.48. The number of anilines is 1. The molecule has 5 rings (SSSR count). The number of hydrogen-bond acceptors (Lipinski definition) is 11. The van der Waals surface area contributed by atoms with Crippen LogP contribution in [0.3, 0.4) is 0 Å². The number of aliphatic hydroxyl groups is 2. The number of rotatable bonds is 8. The van der Waals surface area contributed by atoms with Crippen LogP contribution in [-0.4, -0.2) is 76.7 Å². The first kappa shape index (κ1) is 23.0. The second-order valence-electron chi connectivity index (χ2n) is 7.93. The highest BCUT2D eigenvalue weighted by atomic mass is 17.2. The molecule has 1 fully saturated rings. The van der Waals surface area contributed by atoms with Gasteiger partial charge in [-0.05, 0) is 12.1 Å². The molecule has 0 unspecified atom stereocenters. The van der Waals surface area contributed by atoms with Crippen LogP contribution in [-0.2, 0) is 20.9 Å². The number of benzene rings is 1. The topological polar surface area (TPSA) is 173 Å². The Morgan fingerprint density at radius 3 is 2.71 bits per heavy atom. The molecule has 1 aromatic carbocycles. The summed E-state index contributed by atoms with van der Waals surface area (Å²) < 4.78 is 8.67. The summed E-state index contributed by atoms with van der Waals surface area (Å²) in [5.74, 6) is 0.0196. The summed E-state index contributed by atoms with van der Waals surface area (Å²) in [6, 6.07) is 8.90. The average Bonchev–Trinajstić information content (AvgIpc) is 3.59. The number of fused-ring (bicyclic) bond motifs is 1. The molecule has 1 saturated heterocycles. The summed E-state index contributed by atoms with van der Waals surface area (Å²) in [7, 11) is 0. The van der Waals surface area contributed by atoms with Gasteiger partial charge in [-0.1, -0.05) is 18.2 Å². The molecular formula is C22H23N7O6. The van der Waals surface area contributed by atoms with Gasteiger partial charge < -0.3 is 20.7 Å². The first-order valence-corrected chi connectivity index (χ1v) is 10.8. The smallest absolute Gasteiger partial charge is 0.263 e. The lowest BCUT2D eigenvalue weighted by Gasteiger charge is -2.16. The van der Waals surface area contributed by atoms with Gasteiger partial charge in [-0.3, -0.25) is 13.9 Å². The van der Waals surface area contributed by atoms with Crippen molar-refractivity contribution in [2.24, 2.45) is 0 Å². The molecule has 0 saturated carbocycles. The highest BCUT2D eigenvalue weighted by Gasteiger charge is 2.44. The number of imidazole rings is 2. The van der Waals surface area contributed by atoms with E-state index in [0.29, 0.717) is 28.8 Å². The van der Waals surface area contributed by atoms with Gasteiger partial charge in [0.1, 0.15) is 43.1 Å². The predicted octanol–water partition coefficient (Wildman–Crippen LogP) is 0.104. The third-order valence-corrected chi connectivity index (χ3v) is 5.65. The standard InChI is InChI=1S/C22H23N7O6/c23-19-16-20(25-10-24-19)29(12-27-16)22-18(31)17(30)15(35-22)9-34-33-7-6-14-8-28(11-26-14)21(32)13-4-2-1-3-5-13/h1-5,8,10-12,15,17-18,22,30-31H,6-7,9H2,(H2,23,24,25)/t15-,17-,18-,22-/m1/s1. The second kappa shape index (κ2) is 9.85. The summed E-state index contributed by atoms with van der Waals surface area (Å²) in [5.41, 5.74) is 7.75. The van der Waals surface area contributed by atoms with Gasteiger partial charge in [0.2, 0.25) is 0 Å². The van der Waals surface area contributed by atoms with Gasteiger partial charge in [0, 0.05) is 18.2 Å². The normalized spacial score (nSPS) is 22.1. The van der Waals surface area contributed by atoms with Gasteiger partial charge >= 0.3 is 0 Å². The van der Waals surface area contributed by atoms with Crippen molar-refractivity contribution in [3.05, 3.63) is 66.8 Å². The Bertz CT molecular complexity index is 1310. The van der Waals surface area contributed by atoms with E-state index < -0.39 is 24.5 Å². The average molecular weight is 481 g/mol. The number of aliphatic hydroxyl groups excluding tert-OH is 2. The van der Waals surface area contributed by atoms with Gasteiger partial charge in [0.25, 0.3) is 5.91 Å². The molecule has 182 valence electrons. The number of aromatic nitrogens is 6. The van der Waals surface area contributed by atoms with E-state index in [1.54, 1.807) is 30.5 Å². The maximum atomic E-state index is 12.4. The highest BCUT2D eigenvalue weighted by molar-refractivity contribution is 5.95. The summed E-state index contributed by atoms with van der Waals surface area (Å²) in [4.78, 5) is 39.2. The molecule has 0 amide bonds. The van der Waals surface area contributed by atoms with Crippen molar-refractivity contribution >= 4 is 22.9 Å². The number of nitrogens with zero attached hydrogens (tertiary/aromatic N) is 6. The highest BCUT2D eigenvalue weighted by Crippen LogP contribution is 2.32. The third-order valence-electron chi connectivity index (χ3n) is 5.65. The predicted molar refractivity (Wildman–Crippen MR) is 120 cm³/mol.